The number of carboxylic acid groups (broad SMARTS) is 1. The lowest BCUT2D eigenvalue weighted by molar-refractivity contribution is -0.121. The van der Waals surface area contributed by atoms with E-state index in [0.717, 1.165) is 5.56 Å². The summed E-state index contributed by atoms with van der Waals surface area (Å²) in [5.74, 6) is -0.432. The van der Waals surface area contributed by atoms with Gasteiger partial charge in [0.1, 0.15) is 27.4 Å². The van der Waals surface area contributed by atoms with E-state index in [9.17, 15) is 14.7 Å². The van der Waals surface area contributed by atoms with Gasteiger partial charge in [0.2, 0.25) is 5.91 Å². The number of aromatic nitrogens is 3. The Morgan fingerprint density at radius 2 is 1.79 bits per heavy atom. The van der Waals surface area contributed by atoms with Crippen molar-refractivity contribution >= 4 is 28.3 Å². The molecule has 174 valence electrons. The van der Waals surface area contributed by atoms with Crippen molar-refractivity contribution in [1.29, 1.82) is 0 Å². The summed E-state index contributed by atoms with van der Waals surface area (Å²) >= 11 is 1.28. The van der Waals surface area contributed by atoms with Gasteiger partial charge >= 0.3 is 6.09 Å². The van der Waals surface area contributed by atoms with Crippen LogP contribution in [-0.4, -0.2) is 38.1 Å². The van der Waals surface area contributed by atoms with Gasteiger partial charge in [-0.15, -0.1) is 0 Å². The van der Waals surface area contributed by atoms with Crippen molar-refractivity contribution in [3.63, 3.8) is 0 Å². The van der Waals surface area contributed by atoms with Crippen molar-refractivity contribution in [2.75, 3.05) is 5.32 Å². The van der Waals surface area contributed by atoms with E-state index in [1.54, 1.807) is 18.6 Å². The van der Waals surface area contributed by atoms with Crippen LogP contribution >= 0.6 is 11.3 Å². The smallest absolute Gasteiger partial charge is 0.405 e. The summed E-state index contributed by atoms with van der Waals surface area (Å²) in [6.45, 7) is 9.99. The molecule has 0 saturated carbocycles. The van der Waals surface area contributed by atoms with E-state index in [1.165, 1.54) is 11.3 Å². The first-order chi connectivity index (χ1) is 15.5. The molecule has 0 bridgehead atoms. The van der Waals surface area contributed by atoms with Crippen LogP contribution in [0.5, 0.6) is 0 Å². The van der Waals surface area contributed by atoms with E-state index < -0.39 is 23.5 Å². The van der Waals surface area contributed by atoms with Gasteiger partial charge in [0.15, 0.2) is 0 Å². The van der Waals surface area contributed by atoms with E-state index >= 15 is 0 Å². The van der Waals surface area contributed by atoms with Crippen molar-refractivity contribution in [2.24, 2.45) is 10.8 Å². The predicted octanol–water partition coefficient (Wildman–Crippen LogP) is 5.30. The highest BCUT2D eigenvalue weighted by Gasteiger charge is 2.39. The summed E-state index contributed by atoms with van der Waals surface area (Å²) in [5.41, 5.74) is 1.29. The Balaban J connectivity index is 1.99. The monoisotopic (exact) mass is 467 g/mol. The third-order valence-corrected chi connectivity index (χ3v) is 5.98. The van der Waals surface area contributed by atoms with Crippen LogP contribution in [0.3, 0.4) is 0 Å². The van der Waals surface area contributed by atoms with Crippen LogP contribution < -0.4 is 10.6 Å². The van der Waals surface area contributed by atoms with Gasteiger partial charge in [-0.1, -0.05) is 76.3 Å². The van der Waals surface area contributed by atoms with Gasteiger partial charge in [0.05, 0.1) is 6.20 Å². The van der Waals surface area contributed by atoms with Crippen LogP contribution in [0.4, 0.5) is 9.80 Å². The van der Waals surface area contributed by atoms with Crippen molar-refractivity contribution in [3.05, 3.63) is 48.9 Å². The van der Waals surface area contributed by atoms with E-state index in [4.69, 9.17) is 4.98 Å². The molecule has 0 aliphatic carbocycles. The molecule has 1 aromatic carbocycles. The lowest BCUT2D eigenvalue weighted by atomic mass is 9.71. The fourth-order valence-corrected chi connectivity index (χ4v) is 5.06. The minimum atomic E-state index is -1.25. The second-order valence-electron chi connectivity index (χ2n) is 9.75. The molecule has 2 aromatic heterocycles. The van der Waals surface area contributed by atoms with E-state index in [-0.39, 0.29) is 5.41 Å². The van der Waals surface area contributed by atoms with Gasteiger partial charge < -0.3 is 15.7 Å². The maximum atomic E-state index is 13.4. The number of carbonyl (C=O) groups is 2. The van der Waals surface area contributed by atoms with Gasteiger partial charge in [-0.05, 0) is 17.3 Å². The number of benzene rings is 1. The molecule has 0 saturated heterocycles. The molecule has 33 heavy (non-hydrogen) atoms. The van der Waals surface area contributed by atoms with Crippen molar-refractivity contribution in [1.82, 2.24) is 20.3 Å². The van der Waals surface area contributed by atoms with Crippen molar-refractivity contribution < 1.29 is 14.7 Å². The Kier molecular flexibility index (Phi) is 7.12. The molecular formula is C24H29N5O3S. The fourth-order valence-electron chi connectivity index (χ4n) is 4.11. The Morgan fingerprint density at radius 3 is 2.36 bits per heavy atom. The molecule has 0 unspecified atom stereocenters. The number of hydrogen-bond acceptors (Lipinski definition) is 6. The van der Waals surface area contributed by atoms with Gasteiger partial charge in [-0.2, -0.15) is 0 Å². The minimum absolute atomic E-state index is 0.0962. The van der Waals surface area contributed by atoms with Crippen molar-refractivity contribution in [2.45, 2.75) is 47.1 Å². The number of rotatable bonds is 7. The largest absolute Gasteiger partial charge is 0.465 e. The highest BCUT2D eigenvalue weighted by molar-refractivity contribution is 7.19. The summed E-state index contributed by atoms with van der Waals surface area (Å²) in [7, 11) is 0. The number of thiazole rings is 1. The first-order valence-corrected chi connectivity index (χ1v) is 11.4. The normalized spacial score (nSPS) is 12.8. The van der Waals surface area contributed by atoms with Crippen LogP contribution in [0, 0.1) is 10.8 Å². The molecule has 0 aliphatic heterocycles. The van der Waals surface area contributed by atoms with Gasteiger partial charge in [-0.3, -0.25) is 14.8 Å². The van der Waals surface area contributed by atoms with Crippen LogP contribution in [0.15, 0.2) is 48.9 Å². The Labute approximate surface area is 197 Å². The van der Waals surface area contributed by atoms with Crippen LogP contribution in [-0.2, 0) is 4.79 Å². The number of hydrogen-bond donors (Lipinski definition) is 3. The second-order valence-corrected chi connectivity index (χ2v) is 10.8. The minimum Gasteiger partial charge on any atom is -0.465 e. The molecule has 9 heteroatoms. The topological polar surface area (TPSA) is 117 Å². The first kappa shape index (κ1) is 24.3. The summed E-state index contributed by atoms with van der Waals surface area (Å²) in [6, 6.07) is 8.54. The van der Waals surface area contributed by atoms with Gasteiger partial charge in [-0.25, -0.2) is 9.78 Å². The molecular weight excluding hydrogens is 438 g/mol. The standard InChI is InChI=1S/C24H29N5O3S/c1-23(2,3)14-24(4,5)18(28-22(31)32)19(30)29-21-17(15-9-7-6-8-10-15)27-20(33-21)16-13-25-11-12-26-16/h6-13,18,28H,14H2,1-5H3,(H,29,30)(H,31,32)/t18-/m1/s1. The van der Waals surface area contributed by atoms with Gasteiger partial charge in [0.25, 0.3) is 0 Å². The molecule has 1 atom stereocenters. The number of anilines is 1. The predicted molar refractivity (Wildman–Crippen MR) is 130 cm³/mol. The number of nitrogens with zero attached hydrogens (tertiary/aromatic N) is 3. The Bertz CT molecular complexity index is 1110. The van der Waals surface area contributed by atoms with Gasteiger partial charge in [0, 0.05) is 18.0 Å². The second kappa shape index (κ2) is 9.66. The SMILES string of the molecule is CC(C)(C)CC(C)(C)[C@H](NC(=O)O)C(=O)Nc1sc(-c2cnccn2)nc1-c1ccccc1. The summed E-state index contributed by atoms with van der Waals surface area (Å²) in [6.07, 6.45) is 4.17. The first-order valence-electron chi connectivity index (χ1n) is 10.6. The maximum absolute atomic E-state index is 13.4. The molecule has 0 spiro atoms. The highest BCUT2D eigenvalue weighted by Crippen LogP contribution is 2.39. The molecule has 0 fully saturated rings. The van der Waals surface area contributed by atoms with Crippen LogP contribution in [0.25, 0.3) is 22.0 Å². The lowest BCUT2D eigenvalue weighted by Gasteiger charge is -2.38. The van der Waals surface area contributed by atoms with Crippen LogP contribution in [0.1, 0.15) is 41.0 Å². The third-order valence-electron chi connectivity index (χ3n) is 4.99. The molecule has 3 aromatic rings. The molecule has 2 amide bonds. The molecule has 3 N–H and O–H groups in total. The van der Waals surface area contributed by atoms with E-state index in [1.807, 2.05) is 44.2 Å². The van der Waals surface area contributed by atoms with Crippen LogP contribution in [0.2, 0.25) is 0 Å². The zero-order chi connectivity index (χ0) is 24.2. The summed E-state index contributed by atoms with van der Waals surface area (Å²) < 4.78 is 0. The quantitative estimate of drug-likeness (QED) is 0.434. The maximum Gasteiger partial charge on any atom is 0.405 e. The highest BCUT2D eigenvalue weighted by atomic mass is 32.1. The Hall–Kier alpha value is -3.33. The molecule has 3 rings (SSSR count). The lowest BCUT2D eigenvalue weighted by Crippen LogP contribution is -2.53. The Morgan fingerprint density at radius 1 is 1.09 bits per heavy atom. The van der Waals surface area contributed by atoms with E-state index in [2.05, 4.69) is 41.4 Å². The fraction of sp³-hybridized carbons (Fsp3) is 0.375. The number of carbonyl (C=O) groups excluding carboxylic acids is 1. The zero-order valence-corrected chi connectivity index (χ0v) is 20.2. The third kappa shape index (κ3) is 6.35. The average Bonchev–Trinajstić information content (AvgIpc) is 3.15. The van der Waals surface area contributed by atoms with Crippen molar-refractivity contribution in [3.8, 4) is 22.0 Å². The molecule has 0 radical (unpaired) electrons. The zero-order valence-electron chi connectivity index (χ0n) is 19.4. The number of amides is 2. The van der Waals surface area contributed by atoms with E-state index in [0.29, 0.717) is 27.8 Å². The molecule has 8 nitrogen and oxygen atoms in total. The average molecular weight is 468 g/mol. The molecule has 0 aliphatic rings. The molecule has 2 heterocycles. The summed E-state index contributed by atoms with van der Waals surface area (Å²) in [4.78, 5) is 38.1. The number of nitrogens with one attached hydrogen (secondary N) is 2. The summed E-state index contributed by atoms with van der Waals surface area (Å²) in [5, 5.41) is 15.9.